The van der Waals surface area contributed by atoms with Gasteiger partial charge < -0.3 is 10.6 Å². The van der Waals surface area contributed by atoms with E-state index >= 15 is 0 Å². The van der Waals surface area contributed by atoms with E-state index in [1.165, 1.54) is 16.9 Å². The van der Waals surface area contributed by atoms with Gasteiger partial charge >= 0.3 is 0 Å². The molecule has 3 heterocycles. The Morgan fingerprint density at radius 3 is 3.14 bits per heavy atom. The molecule has 0 bridgehead atoms. The highest BCUT2D eigenvalue weighted by atomic mass is 32.1. The molecule has 0 unspecified atom stereocenters. The van der Waals surface area contributed by atoms with Crippen molar-refractivity contribution in [2.45, 2.75) is 6.42 Å². The molecule has 2 aromatic heterocycles. The molecule has 3 rings (SSSR count). The standard InChI is InChI=1S/C14H15N5OS/c20-13(18-7-10-1-3-15-4-2-10)12-9-21-14(19-12)11-8-16-5-6-17-11/h1,5-6,8-9,15H,2-4,7H2,(H,18,20). The van der Waals surface area contributed by atoms with Crippen molar-refractivity contribution in [3.05, 3.63) is 41.3 Å². The van der Waals surface area contributed by atoms with Gasteiger partial charge in [0.05, 0.1) is 6.20 Å². The van der Waals surface area contributed by atoms with Crippen molar-refractivity contribution in [1.29, 1.82) is 0 Å². The fraction of sp³-hybridized carbons (Fsp3) is 0.286. The second-order valence-corrected chi connectivity index (χ2v) is 5.49. The van der Waals surface area contributed by atoms with Crippen molar-refractivity contribution in [3.63, 3.8) is 0 Å². The van der Waals surface area contributed by atoms with Gasteiger partial charge in [-0.1, -0.05) is 11.6 Å². The van der Waals surface area contributed by atoms with Crippen molar-refractivity contribution >= 4 is 17.2 Å². The molecule has 2 N–H and O–H groups in total. The summed E-state index contributed by atoms with van der Waals surface area (Å²) in [6.07, 6.45) is 7.95. The van der Waals surface area contributed by atoms with Gasteiger partial charge in [0.15, 0.2) is 0 Å². The van der Waals surface area contributed by atoms with Crippen LogP contribution in [0.5, 0.6) is 0 Å². The summed E-state index contributed by atoms with van der Waals surface area (Å²) in [5, 5.41) is 8.60. The minimum absolute atomic E-state index is 0.152. The molecule has 2 aromatic rings. The monoisotopic (exact) mass is 301 g/mol. The summed E-state index contributed by atoms with van der Waals surface area (Å²) in [6, 6.07) is 0. The van der Waals surface area contributed by atoms with Gasteiger partial charge in [-0.15, -0.1) is 11.3 Å². The average molecular weight is 301 g/mol. The van der Waals surface area contributed by atoms with Crippen molar-refractivity contribution in [1.82, 2.24) is 25.6 Å². The van der Waals surface area contributed by atoms with Crippen LogP contribution in [0.2, 0.25) is 0 Å². The molecule has 108 valence electrons. The normalized spacial score (nSPS) is 14.6. The Kier molecular flexibility index (Phi) is 4.32. The number of rotatable bonds is 4. The van der Waals surface area contributed by atoms with E-state index < -0.39 is 0 Å². The second kappa shape index (κ2) is 6.55. The van der Waals surface area contributed by atoms with E-state index in [1.54, 1.807) is 24.0 Å². The molecule has 7 heteroatoms. The van der Waals surface area contributed by atoms with Crippen LogP contribution in [-0.4, -0.2) is 40.5 Å². The molecule has 1 amide bonds. The van der Waals surface area contributed by atoms with E-state index in [4.69, 9.17) is 0 Å². The lowest BCUT2D eigenvalue weighted by Crippen LogP contribution is -2.29. The van der Waals surface area contributed by atoms with Gasteiger partial charge in [-0.25, -0.2) is 4.98 Å². The largest absolute Gasteiger partial charge is 0.347 e. The summed E-state index contributed by atoms with van der Waals surface area (Å²) >= 11 is 1.39. The van der Waals surface area contributed by atoms with Crippen LogP contribution in [0, 0.1) is 0 Å². The maximum atomic E-state index is 12.1. The Morgan fingerprint density at radius 1 is 1.43 bits per heavy atom. The predicted octanol–water partition coefficient (Wildman–Crippen LogP) is 1.25. The summed E-state index contributed by atoms with van der Waals surface area (Å²) in [5.41, 5.74) is 2.37. The van der Waals surface area contributed by atoms with Gasteiger partial charge in [0.1, 0.15) is 16.4 Å². The van der Waals surface area contributed by atoms with Crippen molar-refractivity contribution < 1.29 is 4.79 Å². The third-order valence-electron chi connectivity index (χ3n) is 3.15. The number of thiazole rings is 1. The molecular weight excluding hydrogens is 286 g/mol. The summed E-state index contributed by atoms with van der Waals surface area (Å²) in [7, 11) is 0. The minimum Gasteiger partial charge on any atom is -0.347 e. The number of hydrogen-bond acceptors (Lipinski definition) is 6. The fourth-order valence-corrected chi connectivity index (χ4v) is 2.78. The van der Waals surface area contributed by atoms with Crippen LogP contribution in [0.3, 0.4) is 0 Å². The van der Waals surface area contributed by atoms with Crippen molar-refractivity contribution in [3.8, 4) is 10.7 Å². The maximum Gasteiger partial charge on any atom is 0.271 e. The molecule has 21 heavy (non-hydrogen) atoms. The minimum atomic E-state index is -0.152. The number of hydrogen-bond donors (Lipinski definition) is 2. The average Bonchev–Trinajstić information content (AvgIpc) is 3.04. The molecule has 0 saturated heterocycles. The van der Waals surface area contributed by atoms with E-state index in [9.17, 15) is 4.79 Å². The number of carbonyl (C=O) groups excluding carboxylic acids is 1. The summed E-state index contributed by atoms with van der Waals surface area (Å²) in [4.78, 5) is 24.6. The summed E-state index contributed by atoms with van der Waals surface area (Å²) < 4.78 is 0. The number of nitrogens with one attached hydrogen (secondary N) is 2. The molecule has 1 aliphatic heterocycles. The number of amides is 1. The van der Waals surface area contributed by atoms with E-state index in [-0.39, 0.29) is 5.91 Å². The first kappa shape index (κ1) is 13.8. The molecule has 0 aromatic carbocycles. The first-order valence-corrected chi connectivity index (χ1v) is 7.59. The molecule has 0 aliphatic carbocycles. The second-order valence-electron chi connectivity index (χ2n) is 4.63. The zero-order valence-electron chi connectivity index (χ0n) is 11.4. The van der Waals surface area contributed by atoms with Crippen LogP contribution in [0.1, 0.15) is 16.9 Å². The SMILES string of the molecule is O=C(NCC1=CCNCC1)c1csc(-c2cnccn2)n1. The summed E-state index contributed by atoms with van der Waals surface area (Å²) in [5.74, 6) is -0.152. The van der Waals surface area contributed by atoms with Crippen LogP contribution in [0.25, 0.3) is 10.7 Å². The molecule has 0 spiro atoms. The third kappa shape index (κ3) is 3.50. The summed E-state index contributed by atoms with van der Waals surface area (Å²) in [6.45, 7) is 2.42. The Hall–Kier alpha value is -2.12. The van der Waals surface area contributed by atoms with Gasteiger partial charge in [0.25, 0.3) is 5.91 Å². The van der Waals surface area contributed by atoms with E-state index in [2.05, 4.69) is 31.7 Å². The number of aromatic nitrogens is 3. The van der Waals surface area contributed by atoms with E-state index in [1.807, 2.05) is 0 Å². The Morgan fingerprint density at radius 2 is 2.38 bits per heavy atom. The van der Waals surface area contributed by atoms with E-state index in [0.29, 0.717) is 22.9 Å². The lowest BCUT2D eigenvalue weighted by Gasteiger charge is -2.14. The molecule has 0 atom stereocenters. The molecule has 0 fully saturated rings. The smallest absolute Gasteiger partial charge is 0.271 e. The van der Waals surface area contributed by atoms with Gasteiger partial charge in [-0.3, -0.25) is 14.8 Å². The highest BCUT2D eigenvalue weighted by Crippen LogP contribution is 2.20. The van der Waals surface area contributed by atoms with Gasteiger partial charge in [0.2, 0.25) is 0 Å². The Balaban J connectivity index is 1.63. The van der Waals surface area contributed by atoms with Gasteiger partial charge in [-0.05, 0) is 13.0 Å². The van der Waals surface area contributed by atoms with Gasteiger partial charge in [-0.2, -0.15) is 0 Å². The fourth-order valence-electron chi connectivity index (χ4n) is 2.02. The molecule has 6 nitrogen and oxygen atoms in total. The van der Waals surface area contributed by atoms with Crippen LogP contribution in [0.4, 0.5) is 0 Å². The number of carbonyl (C=O) groups is 1. The molecule has 0 radical (unpaired) electrons. The molecule has 0 saturated carbocycles. The highest BCUT2D eigenvalue weighted by Gasteiger charge is 2.13. The maximum absolute atomic E-state index is 12.1. The molecular formula is C14H15N5OS. The zero-order valence-corrected chi connectivity index (χ0v) is 12.2. The quantitative estimate of drug-likeness (QED) is 0.831. The third-order valence-corrected chi connectivity index (χ3v) is 4.02. The van der Waals surface area contributed by atoms with Crippen LogP contribution in [-0.2, 0) is 0 Å². The highest BCUT2D eigenvalue weighted by molar-refractivity contribution is 7.13. The van der Waals surface area contributed by atoms with Crippen LogP contribution < -0.4 is 10.6 Å². The Labute approximate surface area is 126 Å². The van der Waals surface area contributed by atoms with Crippen molar-refractivity contribution in [2.24, 2.45) is 0 Å². The lowest BCUT2D eigenvalue weighted by atomic mass is 10.1. The van der Waals surface area contributed by atoms with Crippen LogP contribution >= 0.6 is 11.3 Å². The zero-order chi connectivity index (χ0) is 14.5. The van der Waals surface area contributed by atoms with Crippen LogP contribution in [0.15, 0.2) is 35.6 Å². The Bertz CT molecular complexity index is 652. The van der Waals surface area contributed by atoms with Crippen molar-refractivity contribution in [2.75, 3.05) is 19.6 Å². The van der Waals surface area contributed by atoms with Gasteiger partial charge in [0, 0.05) is 30.9 Å². The first-order valence-electron chi connectivity index (χ1n) is 6.71. The predicted molar refractivity (Wildman–Crippen MR) is 81.0 cm³/mol. The first-order chi connectivity index (χ1) is 10.3. The molecule has 1 aliphatic rings. The number of nitrogens with zero attached hydrogens (tertiary/aromatic N) is 3. The lowest BCUT2D eigenvalue weighted by molar-refractivity contribution is 0.0952. The van der Waals surface area contributed by atoms with E-state index in [0.717, 1.165) is 19.5 Å². The topological polar surface area (TPSA) is 79.8 Å².